The highest BCUT2D eigenvalue weighted by Gasteiger charge is 2.21. The standard InChI is InChI=1S/C15H19Cl2NO2S/c1-3-4-5-6-11-18(12-15(16)17)21(19,20)14-9-7-13(2)8-10-14/h3,7-10,12H,1,4-6,11H2,2H3. The van der Waals surface area contributed by atoms with Gasteiger partial charge in [0.1, 0.15) is 4.49 Å². The molecular weight excluding hydrogens is 329 g/mol. The van der Waals surface area contributed by atoms with Crippen LogP contribution in [-0.4, -0.2) is 19.3 Å². The third kappa shape index (κ3) is 5.73. The number of allylic oxidation sites excluding steroid dienone is 1. The van der Waals surface area contributed by atoms with Crippen LogP contribution in [0.2, 0.25) is 0 Å². The van der Waals surface area contributed by atoms with Crippen LogP contribution in [0.4, 0.5) is 0 Å². The van der Waals surface area contributed by atoms with Crippen LogP contribution >= 0.6 is 23.2 Å². The Hall–Kier alpha value is -0.970. The molecule has 6 heteroatoms. The van der Waals surface area contributed by atoms with Crippen molar-refractivity contribution in [1.29, 1.82) is 0 Å². The summed E-state index contributed by atoms with van der Waals surface area (Å²) < 4.78 is 26.3. The molecule has 1 aromatic carbocycles. The molecule has 0 atom stereocenters. The van der Waals surface area contributed by atoms with Crippen molar-refractivity contribution in [3.63, 3.8) is 0 Å². The summed E-state index contributed by atoms with van der Waals surface area (Å²) in [6.45, 7) is 5.87. The Morgan fingerprint density at radius 2 is 1.86 bits per heavy atom. The minimum absolute atomic E-state index is 0.0885. The van der Waals surface area contributed by atoms with E-state index in [0.29, 0.717) is 13.0 Å². The maximum Gasteiger partial charge on any atom is 0.263 e. The fourth-order valence-electron chi connectivity index (χ4n) is 1.76. The summed E-state index contributed by atoms with van der Waals surface area (Å²) in [5.41, 5.74) is 0.998. The minimum Gasteiger partial charge on any atom is -0.271 e. The van der Waals surface area contributed by atoms with E-state index >= 15 is 0 Å². The second kappa shape index (κ2) is 8.47. The lowest BCUT2D eigenvalue weighted by molar-refractivity contribution is 0.483. The van der Waals surface area contributed by atoms with E-state index in [9.17, 15) is 8.42 Å². The zero-order valence-corrected chi connectivity index (χ0v) is 14.3. The van der Waals surface area contributed by atoms with E-state index in [1.807, 2.05) is 13.0 Å². The Balaban J connectivity index is 2.97. The zero-order chi connectivity index (χ0) is 15.9. The second-order valence-corrected chi connectivity index (χ2v) is 7.53. The van der Waals surface area contributed by atoms with Crippen LogP contribution in [-0.2, 0) is 10.0 Å². The van der Waals surface area contributed by atoms with Gasteiger partial charge in [0.2, 0.25) is 0 Å². The van der Waals surface area contributed by atoms with Gasteiger partial charge < -0.3 is 0 Å². The lowest BCUT2D eigenvalue weighted by Gasteiger charge is -2.20. The predicted octanol–water partition coefficient (Wildman–Crippen LogP) is 4.62. The van der Waals surface area contributed by atoms with Crippen molar-refractivity contribution >= 4 is 33.2 Å². The van der Waals surface area contributed by atoms with E-state index in [-0.39, 0.29) is 9.39 Å². The Morgan fingerprint density at radius 1 is 1.24 bits per heavy atom. The molecule has 116 valence electrons. The maximum absolute atomic E-state index is 12.6. The van der Waals surface area contributed by atoms with E-state index in [1.54, 1.807) is 24.3 Å². The number of benzene rings is 1. The molecule has 0 aliphatic carbocycles. The van der Waals surface area contributed by atoms with Gasteiger partial charge in [-0.3, -0.25) is 4.31 Å². The van der Waals surface area contributed by atoms with Gasteiger partial charge in [-0.15, -0.1) is 6.58 Å². The smallest absolute Gasteiger partial charge is 0.263 e. The summed E-state index contributed by atoms with van der Waals surface area (Å²) in [5.74, 6) is 0. The number of hydrogen-bond donors (Lipinski definition) is 0. The van der Waals surface area contributed by atoms with Gasteiger partial charge in [0, 0.05) is 12.7 Å². The van der Waals surface area contributed by atoms with Crippen molar-refractivity contribution in [3.8, 4) is 0 Å². The first-order chi connectivity index (χ1) is 9.87. The van der Waals surface area contributed by atoms with Crippen LogP contribution in [0.3, 0.4) is 0 Å². The van der Waals surface area contributed by atoms with Crippen molar-refractivity contribution in [1.82, 2.24) is 4.31 Å². The van der Waals surface area contributed by atoms with Gasteiger partial charge in [0.15, 0.2) is 0 Å². The highest BCUT2D eigenvalue weighted by Crippen LogP contribution is 2.20. The molecule has 3 nitrogen and oxygen atoms in total. The maximum atomic E-state index is 12.6. The van der Waals surface area contributed by atoms with Gasteiger partial charge in [-0.1, -0.05) is 47.0 Å². The number of rotatable bonds is 8. The zero-order valence-electron chi connectivity index (χ0n) is 11.9. The molecule has 0 amide bonds. The van der Waals surface area contributed by atoms with Crippen LogP contribution < -0.4 is 0 Å². The predicted molar refractivity (Wildman–Crippen MR) is 88.9 cm³/mol. The molecule has 0 N–H and O–H groups in total. The Labute approximate surface area is 136 Å². The molecule has 0 radical (unpaired) electrons. The van der Waals surface area contributed by atoms with Crippen LogP contribution in [0.5, 0.6) is 0 Å². The van der Waals surface area contributed by atoms with Crippen molar-refractivity contribution in [3.05, 3.63) is 53.2 Å². The van der Waals surface area contributed by atoms with Gasteiger partial charge in [-0.25, -0.2) is 8.42 Å². The number of unbranched alkanes of at least 4 members (excludes halogenated alkanes) is 2. The van der Waals surface area contributed by atoms with Gasteiger partial charge in [0.05, 0.1) is 4.90 Å². The first-order valence-corrected chi connectivity index (χ1v) is 8.79. The van der Waals surface area contributed by atoms with Crippen molar-refractivity contribution in [2.45, 2.75) is 31.1 Å². The lowest BCUT2D eigenvalue weighted by atomic mass is 10.2. The monoisotopic (exact) mass is 347 g/mol. The van der Waals surface area contributed by atoms with Crippen LogP contribution in [0.25, 0.3) is 0 Å². The van der Waals surface area contributed by atoms with Crippen molar-refractivity contribution < 1.29 is 8.42 Å². The summed E-state index contributed by atoms with van der Waals surface area (Å²) in [6.07, 6.45) is 5.46. The number of hydrogen-bond acceptors (Lipinski definition) is 2. The van der Waals surface area contributed by atoms with E-state index in [2.05, 4.69) is 6.58 Å². The number of nitrogens with zero attached hydrogens (tertiary/aromatic N) is 1. The third-order valence-corrected chi connectivity index (χ3v) is 4.87. The lowest BCUT2D eigenvalue weighted by Crippen LogP contribution is -2.27. The summed E-state index contributed by atoms with van der Waals surface area (Å²) in [5, 5.41) is 0. The normalized spacial score (nSPS) is 11.0. The molecule has 0 bridgehead atoms. The Bertz CT molecular complexity index is 591. The molecule has 0 saturated carbocycles. The van der Waals surface area contributed by atoms with Crippen molar-refractivity contribution in [2.75, 3.05) is 6.54 Å². The number of sulfonamides is 1. The molecule has 0 saturated heterocycles. The largest absolute Gasteiger partial charge is 0.271 e. The first kappa shape index (κ1) is 18.1. The molecule has 1 aromatic rings. The minimum atomic E-state index is -3.64. The molecule has 0 fully saturated rings. The SMILES string of the molecule is C=CCCCCN(C=C(Cl)Cl)S(=O)(=O)c1ccc(C)cc1. The summed E-state index contributed by atoms with van der Waals surface area (Å²) in [6, 6.07) is 6.68. The fourth-order valence-corrected chi connectivity index (χ4v) is 3.48. The van der Waals surface area contributed by atoms with Gasteiger partial charge in [-0.2, -0.15) is 0 Å². The summed E-state index contributed by atoms with van der Waals surface area (Å²) in [4.78, 5) is 0.225. The quantitative estimate of drug-likeness (QED) is 0.508. The first-order valence-electron chi connectivity index (χ1n) is 6.60. The van der Waals surface area contributed by atoms with Crippen LogP contribution in [0.15, 0.2) is 52.5 Å². The summed E-state index contributed by atoms with van der Waals surface area (Å²) >= 11 is 11.3. The molecule has 0 unspecified atom stereocenters. The van der Waals surface area contributed by atoms with E-state index in [0.717, 1.165) is 18.4 Å². The summed E-state index contributed by atoms with van der Waals surface area (Å²) in [7, 11) is -3.64. The molecule has 0 heterocycles. The van der Waals surface area contributed by atoms with Gasteiger partial charge >= 0.3 is 0 Å². The topological polar surface area (TPSA) is 37.4 Å². The highest BCUT2D eigenvalue weighted by atomic mass is 35.5. The number of halogens is 2. The van der Waals surface area contributed by atoms with Gasteiger partial charge in [-0.05, 0) is 38.3 Å². The molecular formula is C15H19Cl2NO2S. The Kier molecular flexibility index (Phi) is 7.29. The third-order valence-electron chi connectivity index (χ3n) is 2.91. The van der Waals surface area contributed by atoms with E-state index in [1.165, 1.54) is 10.5 Å². The Morgan fingerprint density at radius 3 is 2.38 bits per heavy atom. The van der Waals surface area contributed by atoms with E-state index < -0.39 is 10.0 Å². The van der Waals surface area contributed by atoms with Crippen LogP contribution in [0, 0.1) is 6.92 Å². The number of aryl methyl sites for hydroxylation is 1. The van der Waals surface area contributed by atoms with Crippen molar-refractivity contribution in [2.24, 2.45) is 0 Å². The average molecular weight is 348 g/mol. The van der Waals surface area contributed by atoms with Gasteiger partial charge in [0.25, 0.3) is 10.0 Å². The fraction of sp³-hybridized carbons (Fsp3) is 0.333. The molecule has 0 spiro atoms. The molecule has 1 rings (SSSR count). The molecule has 0 aromatic heterocycles. The molecule has 0 aliphatic heterocycles. The molecule has 0 aliphatic rings. The second-order valence-electron chi connectivity index (χ2n) is 4.63. The average Bonchev–Trinajstić information content (AvgIpc) is 2.42. The molecule has 21 heavy (non-hydrogen) atoms. The van der Waals surface area contributed by atoms with Crippen LogP contribution in [0.1, 0.15) is 24.8 Å². The van der Waals surface area contributed by atoms with E-state index in [4.69, 9.17) is 23.2 Å². The highest BCUT2D eigenvalue weighted by molar-refractivity contribution is 7.89.